The molecule has 1 atom stereocenters. The minimum atomic E-state index is -0.775. The van der Waals surface area contributed by atoms with E-state index in [1.54, 1.807) is 6.07 Å². The number of carbonyl (C=O) groups is 1. The van der Waals surface area contributed by atoms with Crippen LogP contribution in [0.15, 0.2) is 18.2 Å². The van der Waals surface area contributed by atoms with Crippen molar-refractivity contribution in [2.45, 2.75) is 19.4 Å². The van der Waals surface area contributed by atoms with Crippen molar-refractivity contribution < 1.29 is 19.7 Å². The second-order valence-electron chi connectivity index (χ2n) is 4.85. The van der Waals surface area contributed by atoms with Crippen LogP contribution in [0.1, 0.15) is 23.7 Å². The highest BCUT2D eigenvalue weighted by atomic mass is 16.5. The zero-order valence-corrected chi connectivity index (χ0v) is 11.0. The van der Waals surface area contributed by atoms with E-state index in [0.717, 1.165) is 17.7 Å². The molecule has 1 saturated heterocycles. The number of benzene rings is 1. The molecule has 1 unspecified atom stereocenters. The molecule has 1 fully saturated rings. The first-order valence-electron chi connectivity index (χ1n) is 6.41. The Morgan fingerprint density at radius 2 is 2.32 bits per heavy atom. The number of phenolic OH excluding ortho intramolecular Hbond substituents is 1. The third-order valence-corrected chi connectivity index (χ3v) is 3.39. The minimum Gasteiger partial charge on any atom is -0.508 e. The van der Waals surface area contributed by atoms with Crippen molar-refractivity contribution in [3.05, 3.63) is 29.3 Å². The fourth-order valence-corrected chi connectivity index (χ4v) is 2.24. The quantitative estimate of drug-likeness (QED) is 0.864. The molecule has 1 aliphatic rings. The van der Waals surface area contributed by atoms with Crippen LogP contribution in [0, 0.1) is 6.92 Å². The van der Waals surface area contributed by atoms with Gasteiger partial charge in [-0.15, -0.1) is 0 Å². The van der Waals surface area contributed by atoms with Gasteiger partial charge in [0.05, 0.1) is 19.1 Å². The number of phenols is 1. The van der Waals surface area contributed by atoms with Gasteiger partial charge in [-0.2, -0.15) is 0 Å². The lowest BCUT2D eigenvalue weighted by Gasteiger charge is -2.33. The van der Waals surface area contributed by atoms with Crippen LogP contribution in [0.4, 0.5) is 0 Å². The number of ether oxygens (including phenoxy) is 1. The van der Waals surface area contributed by atoms with Crippen molar-refractivity contribution in [1.82, 2.24) is 4.90 Å². The van der Waals surface area contributed by atoms with E-state index in [2.05, 4.69) is 4.90 Å². The first kappa shape index (κ1) is 13.8. The predicted molar refractivity (Wildman–Crippen MR) is 70.2 cm³/mol. The molecule has 5 nitrogen and oxygen atoms in total. The van der Waals surface area contributed by atoms with Crippen LogP contribution in [0.25, 0.3) is 0 Å². The van der Waals surface area contributed by atoms with Gasteiger partial charge >= 0.3 is 5.97 Å². The predicted octanol–water partition coefficient (Wildman–Crippen LogP) is 1.55. The standard InChI is InChI=1S/C14H19NO4/c1-10-8-11(2-3-12(10)16)13-9-15(6-7-19-13)5-4-14(17)18/h2-3,8,13,16H,4-7,9H2,1H3,(H,17,18). The minimum absolute atomic E-state index is 0.0538. The maximum absolute atomic E-state index is 10.6. The largest absolute Gasteiger partial charge is 0.508 e. The summed E-state index contributed by atoms with van der Waals surface area (Å²) in [6.07, 6.45) is 0.100. The van der Waals surface area contributed by atoms with Gasteiger partial charge in [0.15, 0.2) is 0 Å². The van der Waals surface area contributed by atoms with Crippen LogP contribution in [-0.4, -0.2) is 47.3 Å². The third kappa shape index (κ3) is 3.68. The summed E-state index contributed by atoms with van der Waals surface area (Å²) in [6, 6.07) is 5.44. The zero-order valence-electron chi connectivity index (χ0n) is 11.0. The average molecular weight is 265 g/mol. The molecule has 19 heavy (non-hydrogen) atoms. The van der Waals surface area contributed by atoms with Gasteiger partial charge < -0.3 is 14.9 Å². The van der Waals surface area contributed by atoms with E-state index >= 15 is 0 Å². The van der Waals surface area contributed by atoms with Gasteiger partial charge in [0.2, 0.25) is 0 Å². The number of hydrogen-bond donors (Lipinski definition) is 2. The summed E-state index contributed by atoms with van der Waals surface area (Å²) < 4.78 is 5.73. The Labute approximate surface area is 112 Å². The molecular weight excluding hydrogens is 246 g/mol. The second-order valence-corrected chi connectivity index (χ2v) is 4.85. The highest BCUT2D eigenvalue weighted by Crippen LogP contribution is 2.26. The molecule has 0 aliphatic carbocycles. The van der Waals surface area contributed by atoms with Crippen LogP contribution >= 0.6 is 0 Å². The Balaban J connectivity index is 2.00. The number of carboxylic acids is 1. The molecule has 5 heteroatoms. The lowest BCUT2D eigenvalue weighted by Crippen LogP contribution is -2.39. The monoisotopic (exact) mass is 265 g/mol. The molecule has 1 aliphatic heterocycles. The van der Waals surface area contributed by atoms with Crippen LogP contribution in [-0.2, 0) is 9.53 Å². The van der Waals surface area contributed by atoms with Crippen LogP contribution in [0.2, 0.25) is 0 Å². The summed E-state index contributed by atoms with van der Waals surface area (Å²) in [5.41, 5.74) is 1.85. The summed E-state index contributed by atoms with van der Waals surface area (Å²) in [5, 5.41) is 18.2. The number of morpholine rings is 1. The molecule has 1 heterocycles. The van der Waals surface area contributed by atoms with Gasteiger partial charge in [-0.25, -0.2) is 0 Å². The Morgan fingerprint density at radius 1 is 1.53 bits per heavy atom. The molecule has 0 saturated carbocycles. The fourth-order valence-electron chi connectivity index (χ4n) is 2.24. The summed E-state index contributed by atoms with van der Waals surface area (Å²) in [7, 11) is 0. The molecule has 1 aromatic rings. The van der Waals surface area contributed by atoms with Gasteiger partial charge in [0, 0.05) is 19.6 Å². The molecular formula is C14H19NO4. The maximum Gasteiger partial charge on any atom is 0.304 e. The zero-order chi connectivity index (χ0) is 13.8. The molecule has 1 aromatic carbocycles. The Hall–Kier alpha value is -1.59. The number of aromatic hydroxyl groups is 1. The van der Waals surface area contributed by atoms with Gasteiger partial charge in [0.1, 0.15) is 5.75 Å². The third-order valence-electron chi connectivity index (χ3n) is 3.39. The Morgan fingerprint density at radius 3 is 3.00 bits per heavy atom. The summed E-state index contributed by atoms with van der Waals surface area (Å²) in [5.74, 6) is -0.495. The van der Waals surface area contributed by atoms with Crippen LogP contribution < -0.4 is 0 Å². The Kier molecular flexibility index (Phi) is 4.39. The van der Waals surface area contributed by atoms with E-state index in [1.165, 1.54) is 0 Å². The summed E-state index contributed by atoms with van der Waals surface area (Å²) >= 11 is 0. The number of hydrogen-bond acceptors (Lipinski definition) is 4. The van der Waals surface area contributed by atoms with Crippen molar-refractivity contribution in [3.8, 4) is 5.75 Å². The van der Waals surface area contributed by atoms with Crippen molar-refractivity contribution in [1.29, 1.82) is 0 Å². The topological polar surface area (TPSA) is 70.0 Å². The molecule has 0 bridgehead atoms. The van der Waals surface area contributed by atoms with Gasteiger partial charge in [-0.1, -0.05) is 6.07 Å². The molecule has 104 valence electrons. The first-order chi connectivity index (χ1) is 9.06. The number of aryl methyl sites for hydroxylation is 1. The summed E-state index contributed by atoms with van der Waals surface area (Å²) in [6.45, 7) is 4.46. The lowest BCUT2D eigenvalue weighted by atomic mass is 10.0. The van der Waals surface area contributed by atoms with Crippen LogP contribution in [0.3, 0.4) is 0 Å². The molecule has 0 spiro atoms. The number of nitrogens with zero attached hydrogens (tertiary/aromatic N) is 1. The van der Waals surface area contributed by atoms with Gasteiger partial charge in [0.25, 0.3) is 0 Å². The maximum atomic E-state index is 10.6. The van der Waals surface area contributed by atoms with E-state index in [1.807, 2.05) is 19.1 Å². The highest BCUT2D eigenvalue weighted by Gasteiger charge is 2.22. The van der Waals surface area contributed by atoms with E-state index in [9.17, 15) is 9.90 Å². The molecule has 0 amide bonds. The highest BCUT2D eigenvalue weighted by molar-refractivity contribution is 5.66. The van der Waals surface area contributed by atoms with Gasteiger partial charge in [-0.05, 0) is 30.2 Å². The number of rotatable bonds is 4. The van der Waals surface area contributed by atoms with Crippen molar-refractivity contribution in [2.75, 3.05) is 26.2 Å². The molecule has 0 radical (unpaired) electrons. The van der Waals surface area contributed by atoms with Crippen molar-refractivity contribution in [2.24, 2.45) is 0 Å². The molecule has 0 aromatic heterocycles. The number of carboxylic acid groups (broad SMARTS) is 1. The molecule has 2 rings (SSSR count). The first-order valence-corrected chi connectivity index (χ1v) is 6.41. The van der Waals surface area contributed by atoms with Gasteiger partial charge in [-0.3, -0.25) is 9.69 Å². The second kappa shape index (κ2) is 6.04. The normalized spacial score (nSPS) is 20.4. The van der Waals surface area contributed by atoms with E-state index in [0.29, 0.717) is 19.7 Å². The SMILES string of the molecule is Cc1cc(C2CN(CCC(=O)O)CCO2)ccc1O. The van der Waals surface area contributed by atoms with Crippen LogP contribution in [0.5, 0.6) is 5.75 Å². The fraction of sp³-hybridized carbons (Fsp3) is 0.500. The average Bonchev–Trinajstić information content (AvgIpc) is 2.40. The van der Waals surface area contributed by atoms with E-state index in [-0.39, 0.29) is 18.3 Å². The molecule has 2 N–H and O–H groups in total. The van der Waals surface area contributed by atoms with E-state index < -0.39 is 5.97 Å². The smallest absolute Gasteiger partial charge is 0.304 e. The Bertz CT molecular complexity index is 461. The van der Waals surface area contributed by atoms with E-state index in [4.69, 9.17) is 9.84 Å². The number of aliphatic carboxylic acids is 1. The lowest BCUT2D eigenvalue weighted by molar-refractivity contribution is -0.137. The summed E-state index contributed by atoms with van der Waals surface area (Å²) in [4.78, 5) is 12.7. The van der Waals surface area contributed by atoms with Crippen molar-refractivity contribution >= 4 is 5.97 Å². The van der Waals surface area contributed by atoms with Crippen molar-refractivity contribution in [3.63, 3.8) is 0 Å².